The van der Waals surface area contributed by atoms with Gasteiger partial charge in [0, 0.05) is 31.2 Å². The molecule has 1 saturated heterocycles. The van der Waals surface area contributed by atoms with Crippen LogP contribution in [0.3, 0.4) is 0 Å². The van der Waals surface area contributed by atoms with Crippen LogP contribution in [0.4, 0.5) is 10.2 Å². The predicted molar refractivity (Wildman–Crippen MR) is 96.5 cm³/mol. The van der Waals surface area contributed by atoms with E-state index in [1.165, 1.54) is 0 Å². The van der Waals surface area contributed by atoms with Gasteiger partial charge in [0.1, 0.15) is 11.8 Å². The van der Waals surface area contributed by atoms with Gasteiger partial charge in [-0.1, -0.05) is 0 Å². The lowest BCUT2D eigenvalue weighted by atomic mass is 10.1. The van der Waals surface area contributed by atoms with E-state index >= 15 is 0 Å². The zero-order valence-corrected chi connectivity index (χ0v) is 14.0. The maximum absolute atomic E-state index is 12.3. The van der Waals surface area contributed by atoms with Crippen molar-refractivity contribution in [3.8, 4) is 5.75 Å². The van der Waals surface area contributed by atoms with E-state index in [0.29, 0.717) is 18.0 Å². The highest BCUT2D eigenvalue weighted by molar-refractivity contribution is 6.10. The lowest BCUT2D eigenvalue weighted by Gasteiger charge is -2.32. The number of halogens is 1. The largest absolute Gasteiger partial charge is 0.486 e. The van der Waals surface area contributed by atoms with Gasteiger partial charge in [-0.3, -0.25) is 4.39 Å². The molecule has 1 fully saturated rings. The molecule has 0 unspecified atom stereocenters. The van der Waals surface area contributed by atoms with Crippen molar-refractivity contribution in [1.29, 1.82) is 0 Å². The summed E-state index contributed by atoms with van der Waals surface area (Å²) < 4.78 is 18.6. The number of hydrogen-bond acceptors (Lipinski definition) is 5. The average molecular weight is 343 g/mol. The zero-order valence-electron chi connectivity index (χ0n) is 14.0. The minimum Gasteiger partial charge on any atom is -0.486 e. The summed E-state index contributed by atoms with van der Waals surface area (Å²) in [6.45, 7) is 2.40. The van der Waals surface area contributed by atoms with Crippen molar-refractivity contribution >= 4 is 27.8 Å². The van der Waals surface area contributed by atoms with Crippen LogP contribution in [0.25, 0.3) is 21.9 Å². The third kappa shape index (κ3) is 3.11. The Hall–Kier alpha value is -2.41. The number of nitrogens with one attached hydrogen (secondary N) is 1. The molecular weight excluding hydrogens is 321 g/mol. The van der Waals surface area contributed by atoms with Crippen LogP contribution in [0.1, 0.15) is 19.3 Å². The lowest BCUT2D eigenvalue weighted by molar-refractivity contribution is 0.100. The summed E-state index contributed by atoms with van der Waals surface area (Å²) in [4.78, 5) is 14.2. The van der Waals surface area contributed by atoms with Crippen molar-refractivity contribution in [2.24, 2.45) is 0 Å². The second-order valence-electron chi connectivity index (χ2n) is 6.49. The van der Waals surface area contributed by atoms with Crippen molar-refractivity contribution in [3.63, 3.8) is 0 Å². The van der Waals surface area contributed by atoms with E-state index < -0.39 is 0 Å². The Labute approximate surface area is 145 Å². The molecule has 1 aliphatic rings. The van der Waals surface area contributed by atoms with Crippen LogP contribution in [0.5, 0.6) is 5.75 Å². The number of nitrogens with two attached hydrogens (primary N) is 1. The van der Waals surface area contributed by atoms with Gasteiger partial charge < -0.3 is 20.4 Å². The second kappa shape index (κ2) is 6.84. The van der Waals surface area contributed by atoms with Crippen molar-refractivity contribution in [2.75, 3.05) is 32.0 Å². The predicted octanol–water partition coefficient (Wildman–Crippen LogP) is 2.90. The standard InChI is InChI=1S/C18H22FN5O/c19-6-2-8-24-9-4-12(5-10-24)25-16-15-13-3-1-7-21-18(13)23-14(15)11-22-17(16)20/h1,3,7,11-12H,2,4-6,8-10H2,(H2,20,22)(H,21,23). The third-order valence-electron chi connectivity index (χ3n) is 4.82. The molecule has 3 N–H and O–H groups in total. The van der Waals surface area contributed by atoms with Crippen LogP contribution in [0, 0.1) is 0 Å². The Kier molecular flexibility index (Phi) is 4.40. The zero-order chi connectivity index (χ0) is 17.2. The number of hydrogen-bond donors (Lipinski definition) is 2. The lowest BCUT2D eigenvalue weighted by Crippen LogP contribution is -2.38. The maximum Gasteiger partial charge on any atom is 0.171 e. The first-order valence-corrected chi connectivity index (χ1v) is 8.72. The molecule has 1 aliphatic heterocycles. The fourth-order valence-corrected chi connectivity index (χ4v) is 3.52. The molecule has 3 aromatic heterocycles. The molecule has 0 amide bonds. The van der Waals surface area contributed by atoms with Gasteiger partial charge in [-0.05, 0) is 31.4 Å². The first-order valence-electron chi connectivity index (χ1n) is 8.72. The Morgan fingerprint density at radius 2 is 2.16 bits per heavy atom. The monoisotopic (exact) mass is 343 g/mol. The van der Waals surface area contributed by atoms with Gasteiger partial charge in [0.2, 0.25) is 0 Å². The van der Waals surface area contributed by atoms with Gasteiger partial charge in [-0.15, -0.1) is 0 Å². The highest BCUT2D eigenvalue weighted by atomic mass is 19.1. The fraction of sp³-hybridized carbons (Fsp3) is 0.444. The molecule has 0 atom stereocenters. The van der Waals surface area contributed by atoms with Crippen molar-refractivity contribution < 1.29 is 9.13 Å². The van der Waals surface area contributed by atoms with Gasteiger partial charge in [0.15, 0.2) is 11.6 Å². The summed E-state index contributed by atoms with van der Waals surface area (Å²) in [7, 11) is 0. The number of likely N-dealkylation sites (tertiary alicyclic amines) is 1. The van der Waals surface area contributed by atoms with Gasteiger partial charge in [0.25, 0.3) is 0 Å². The Morgan fingerprint density at radius 3 is 2.96 bits per heavy atom. The number of anilines is 1. The quantitative estimate of drug-likeness (QED) is 0.744. The van der Waals surface area contributed by atoms with Crippen LogP contribution in [0.2, 0.25) is 0 Å². The van der Waals surface area contributed by atoms with Crippen LogP contribution >= 0.6 is 0 Å². The van der Waals surface area contributed by atoms with E-state index in [1.54, 1.807) is 12.4 Å². The normalized spacial score (nSPS) is 16.7. The third-order valence-corrected chi connectivity index (χ3v) is 4.82. The number of aromatic amines is 1. The topological polar surface area (TPSA) is 80.1 Å². The molecule has 3 aromatic rings. The fourth-order valence-electron chi connectivity index (χ4n) is 3.52. The molecule has 25 heavy (non-hydrogen) atoms. The molecule has 0 radical (unpaired) electrons. The minimum absolute atomic E-state index is 0.0953. The van der Waals surface area contributed by atoms with E-state index in [2.05, 4.69) is 19.9 Å². The molecule has 0 bridgehead atoms. The van der Waals surface area contributed by atoms with Gasteiger partial charge >= 0.3 is 0 Å². The SMILES string of the molecule is Nc1ncc2[nH]c3ncccc3c2c1OC1CCN(CCCF)CC1. The van der Waals surface area contributed by atoms with Gasteiger partial charge in [-0.25, -0.2) is 9.97 Å². The summed E-state index contributed by atoms with van der Waals surface area (Å²) in [5, 5.41) is 1.93. The highest BCUT2D eigenvalue weighted by Gasteiger charge is 2.23. The number of ether oxygens (including phenoxy) is 1. The molecule has 132 valence electrons. The molecule has 7 heteroatoms. The molecule has 0 aromatic carbocycles. The second-order valence-corrected chi connectivity index (χ2v) is 6.49. The van der Waals surface area contributed by atoms with E-state index in [-0.39, 0.29) is 12.8 Å². The molecule has 4 heterocycles. The molecule has 6 nitrogen and oxygen atoms in total. The van der Waals surface area contributed by atoms with Crippen LogP contribution in [-0.4, -0.2) is 52.3 Å². The van der Waals surface area contributed by atoms with Gasteiger partial charge in [0.05, 0.1) is 23.8 Å². The van der Waals surface area contributed by atoms with E-state index in [9.17, 15) is 4.39 Å². The molecule has 0 aliphatic carbocycles. The number of aromatic nitrogens is 3. The number of H-pyrrole nitrogens is 1. The van der Waals surface area contributed by atoms with E-state index in [1.807, 2.05) is 12.1 Å². The summed E-state index contributed by atoms with van der Waals surface area (Å²) >= 11 is 0. The Balaban J connectivity index is 1.58. The minimum atomic E-state index is -0.255. The van der Waals surface area contributed by atoms with Crippen LogP contribution in [-0.2, 0) is 0 Å². The summed E-state index contributed by atoms with van der Waals surface area (Å²) in [6.07, 6.45) is 5.98. The number of nitrogens with zero attached hydrogens (tertiary/aromatic N) is 3. The molecule has 0 spiro atoms. The molecular formula is C18H22FN5O. The number of alkyl halides is 1. The Bertz CT molecular complexity index is 872. The summed E-state index contributed by atoms with van der Waals surface area (Å²) in [5.41, 5.74) is 7.80. The average Bonchev–Trinajstić information content (AvgIpc) is 3.02. The first-order chi connectivity index (χ1) is 12.3. The van der Waals surface area contributed by atoms with Crippen molar-refractivity contribution in [1.82, 2.24) is 19.9 Å². The van der Waals surface area contributed by atoms with Gasteiger partial charge in [-0.2, -0.15) is 0 Å². The highest BCUT2D eigenvalue weighted by Crippen LogP contribution is 2.36. The summed E-state index contributed by atoms with van der Waals surface area (Å²) in [5.74, 6) is 1.04. The first kappa shape index (κ1) is 16.1. The van der Waals surface area contributed by atoms with Crippen molar-refractivity contribution in [2.45, 2.75) is 25.4 Å². The van der Waals surface area contributed by atoms with Crippen LogP contribution in [0.15, 0.2) is 24.5 Å². The number of pyridine rings is 2. The number of nitrogen functional groups attached to an aromatic ring is 1. The maximum atomic E-state index is 12.3. The Morgan fingerprint density at radius 1 is 1.32 bits per heavy atom. The van der Waals surface area contributed by atoms with Crippen molar-refractivity contribution in [3.05, 3.63) is 24.5 Å². The van der Waals surface area contributed by atoms with Crippen LogP contribution < -0.4 is 10.5 Å². The molecule has 0 saturated carbocycles. The molecule has 4 rings (SSSR count). The number of fused-ring (bicyclic) bond motifs is 3. The summed E-state index contributed by atoms with van der Waals surface area (Å²) in [6, 6.07) is 3.91. The van der Waals surface area contributed by atoms with E-state index in [0.717, 1.165) is 54.4 Å². The number of piperidine rings is 1. The van der Waals surface area contributed by atoms with E-state index in [4.69, 9.17) is 10.5 Å². The number of rotatable bonds is 5. The smallest absolute Gasteiger partial charge is 0.171 e.